The summed E-state index contributed by atoms with van der Waals surface area (Å²) in [5.41, 5.74) is 7.84. The lowest BCUT2D eigenvalue weighted by Gasteiger charge is -2.34. The Morgan fingerprint density at radius 3 is 2.88 bits per heavy atom. The summed E-state index contributed by atoms with van der Waals surface area (Å²) in [5, 5.41) is 3.50. The van der Waals surface area contributed by atoms with E-state index >= 15 is 0 Å². The number of nitrogens with one attached hydrogen (secondary N) is 1. The first-order valence-electron chi connectivity index (χ1n) is 5.49. The van der Waals surface area contributed by atoms with Gasteiger partial charge in [-0.3, -0.25) is 0 Å². The van der Waals surface area contributed by atoms with Gasteiger partial charge in [-0.25, -0.2) is 0 Å². The van der Waals surface area contributed by atoms with Crippen LogP contribution in [0.5, 0.6) is 0 Å². The van der Waals surface area contributed by atoms with Crippen molar-refractivity contribution in [3.8, 4) is 0 Å². The normalized spacial score (nSPS) is 24.1. The van der Waals surface area contributed by atoms with E-state index in [2.05, 4.69) is 27.3 Å². The minimum absolute atomic E-state index is 0.451. The molecule has 0 bridgehead atoms. The molecule has 1 aliphatic carbocycles. The van der Waals surface area contributed by atoms with E-state index in [1.54, 1.807) is 7.11 Å². The Morgan fingerprint density at radius 2 is 2.25 bits per heavy atom. The van der Waals surface area contributed by atoms with Gasteiger partial charge in [0.2, 0.25) is 0 Å². The van der Waals surface area contributed by atoms with E-state index in [0.29, 0.717) is 12.1 Å². The van der Waals surface area contributed by atoms with Crippen LogP contribution < -0.4 is 11.1 Å². The van der Waals surface area contributed by atoms with Crippen LogP contribution in [0.1, 0.15) is 18.4 Å². The topological polar surface area (TPSA) is 47.3 Å². The van der Waals surface area contributed by atoms with Crippen LogP contribution in [0.4, 0.5) is 5.69 Å². The van der Waals surface area contributed by atoms with E-state index < -0.39 is 0 Å². The molecule has 0 unspecified atom stereocenters. The molecule has 3 N–H and O–H groups in total. The molecule has 4 heteroatoms. The van der Waals surface area contributed by atoms with Crippen molar-refractivity contribution in [2.24, 2.45) is 0 Å². The lowest BCUT2D eigenvalue weighted by atomic mass is 9.89. The molecule has 0 amide bonds. The predicted octanol–water partition coefficient (Wildman–Crippen LogP) is 2.30. The van der Waals surface area contributed by atoms with Crippen LogP contribution in [0.25, 0.3) is 0 Å². The molecule has 1 fully saturated rings. The van der Waals surface area contributed by atoms with E-state index in [1.165, 1.54) is 5.56 Å². The van der Waals surface area contributed by atoms with E-state index in [1.807, 2.05) is 12.1 Å². The smallest absolute Gasteiger partial charge is 0.0601 e. The molecule has 0 aromatic heterocycles. The molecule has 0 heterocycles. The number of nitrogens with two attached hydrogens (primary N) is 1. The Bertz CT molecular complexity index is 364. The third-order valence-electron chi connectivity index (χ3n) is 3.08. The quantitative estimate of drug-likeness (QED) is 0.834. The lowest BCUT2D eigenvalue weighted by Crippen LogP contribution is -2.44. The van der Waals surface area contributed by atoms with Crippen molar-refractivity contribution >= 4 is 21.6 Å². The second-order valence-corrected chi connectivity index (χ2v) is 5.12. The highest BCUT2D eigenvalue weighted by Crippen LogP contribution is 2.24. The molecule has 0 spiro atoms. The Kier molecular flexibility index (Phi) is 3.84. The third-order valence-corrected chi connectivity index (χ3v) is 3.81. The van der Waals surface area contributed by atoms with E-state index in [4.69, 9.17) is 10.5 Å². The number of rotatable bonds is 4. The minimum Gasteiger partial charge on any atom is -0.398 e. The fourth-order valence-electron chi connectivity index (χ4n) is 1.89. The van der Waals surface area contributed by atoms with E-state index in [-0.39, 0.29) is 0 Å². The molecule has 16 heavy (non-hydrogen) atoms. The van der Waals surface area contributed by atoms with Gasteiger partial charge < -0.3 is 15.8 Å². The molecule has 2 rings (SSSR count). The number of nitrogen functional groups attached to an aromatic ring is 1. The molecule has 1 aromatic carbocycles. The van der Waals surface area contributed by atoms with Gasteiger partial charge in [0, 0.05) is 29.9 Å². The molecular formula is C12H17BrN2O. The van der Waals surface area contributed by atoms with Crippen molar-refractivity contribution < 1.29 is 4.74 Å². The molecule has 1 aromatic rings. The average molecular weight is 285 g/mol. The van der Waals surface area contributed by atoms with E-state index in [9.17, 15) is 0 Å². The number of methoxy groups -OCH3 is 1. The van der Waals surface area contributed by atoms with Crippen LogP contribution in [0.3, 0.4) is 0 Å². The number of anilines is 1. The summed E-state index contributed by atoms with van der Waals surface area (Å²) in [5.74, 6) is 0. The zero-order valence-electron chi connectivity index (χ0n) is 9.37. The molecule has 0 aliphatic heterocycles. The van der Waals surface area contributed by atoms with Gasteiger partial charge in [-0.1, -0.05) is 6.07 Å². The molecule has 0 atom stereocenters. The lowest BCUT2D eigenvalue weighted by molar-refractivity contribution is 0.0170. The fraction of sp³-hybridized carbons (Fsp3) is 0.500. The van der Waals surface area contributed by atoms with Crippen molar-refractivity contribution in [2.45, 2.75) is 31.5 Å². The minimum atomic E-state index is 0.451. The first kappa shape index (κ1) is 11.9. The van der Waals surface area contributed by atoms with Gasteiger partial charge in [-0.2, -0.15) is 0 Å². The van der Waals surface area contributed by atoms with Gasteiger partial charge in [-0.05, 0) is 46.5 Å². The molecule has 1 aliphatic rings. The van der Waals surface area contributed by atoms with Crippen molar-refractivity contribution in [1.82, 2.24) is 5.32 Å². The van der Waals surface area contributed by atoms with Crippen LogP contribution in [-0.4, -0.2) is 19.3 Å². The maximum atomic E-state index is 5.82. The van der Waals surface area contributed by atoms with Crippen LogP contribution >= 0.6 is 15.9 Å². The van der Waals surface area contributed by atoms with Crippen molar-refractivity contribution in [2.75, 3.05) is 12.8 Å². The molecule has 88 valence electrons. The standard InChI is InChI=1S/C12H17BrN2O/c1-16-10-5-9(6-10)15-7-8-2-3-11(13)12(14)4-8/h2-4,9-10,15H,5-7,14H2,1H3. The Hall–Kier alpha value is -0.580. The third kappa shape index (κ3) is 2.75. The van der Waals surface area contributed by atoms with E-state index in [0.717, 1.165) is 29.5 Å². The first-order valence-corrected chi connectivity index (χ1v) is 6.28. The highest BCUT2D eigenvalue weighted by Gasteiger charge is 2.28. The van der Waals surface area contributed by atoms with Gasteiger partial charge >= 0.3 is 0 Å². The maximum absolute atomic E-state index is 5.82. The summed E-state index contributed by atoms with van der Waals surface area (Å²) in [7, 11) is 1.77. The largest absolute Gasteiger partial charge is 0.398 e. The first-order chi connectivity index (χ1) is 7.69. The summed E-state index contributed by atoms with van der Waals surface area (Å²) in [6.07, 6.45) is 2.68. The zero-order chi connectivity index (χ0) is 11.5. The number of hydrogen-bond acceptors (Lipinski definition) is 3. The number of ether oxygens (including phenoxy) is 1. The second-order valence-electron chi connectivity index (χ2n) is 4.26. The summed E-state index contributed by atoms with van der Waals surface area (Å²) in [6.45, 7) is 0.874. The Labute approximate surface area is 104 Å². The molecule has 0 radical (unpaired) electrons. The van der Waals surface area contributed by atoms with Crippen LogP contribution in [0.2, 0.25) is 0 Å². The maximum Gasteiger partial charge on any atom is 0.0601 e. The van der Waals surface area contributed by atoms with Gasteiger partial charge in [0.15, 0.2) is 0 Å². The van der Waals surface area contributed by atoms with Crippen molar-refractivity contribution in [3.05, 3.63) is 28.2 Å². The predicted molar refractivity (Wildman–Crippen MR) is 69.2 cm³/mol. The number of benzene rings is 1. The summed E-state index contributed by atoms with van der Waals surface area (Å²) in [6, 6.07) is 6.67. The van der Waals surface area contributed by atoms with Crippen LogP contribution in [0, 0.1) is 0 Å². The number of halogens is 1. The van der Waals surface area contributed by atoms with Crippen LogP contribution in [-0.2, 0) is 11.3 Å². The van der Waals surface area contributed by atoms with Gasteiger partial charge in [-0.15, -0.1) is 0 Å². The monoisotopic (exact) mass is 284 g/mol. The highest BCUT2D eigenvalue weighted by molar-refractivity contribution is 9.10. The molecule has 0 saturated heterocycles. The number of hydrogen-bond donors (Lipinski definition) is 2. The summed E-state index contributed by atoms with van der Waals surface area (Å²) in [4.78, 5) is 0. The SMILES string of the molecule is COC1CC(NCc2ccc(Br)c(N)c2)C1. The van der Waals surface area contributed by atoms with Gasteiger partial charge in [0.1, 0.15) is 0 Å². The zero-order valence-corrected chi connectivity index (χ0v) is 11.0. The Balaban J connectivity index is 1.80. The molecule has 3 nitrogen and oxygen atoms in total. The van der Waals surface area contributed by atoms with Crippen LogP contribution in [0.15, 0.2) is 22.7 Å². The molecular weight excluding hydrogens is 268 g/mol. The molecule has 1 saturated carbocycles. The highest BCUT2D eigenvalue weighted by atomic mass is 79.9. The Morgan fingerprint density at radius 1 is 1.50 bits per heavy atom. The average Bonchev–Trinajstić information content (AvgIpc) is 2.21. The summed E-state index contributed by atoms with van der Waals surface area (Å²) >= 11 is 3.39. The van der Waals surface area contributed by atoms with Gasteiger partial charge in [0.05, 0.1) is 6.10 Å². The van der Waals surface area contributed by atoms with Gasteiger partial charge in [0.25, 0.3) is 0 Å². The fourth-order valence-corrected chi connectivity index (χ4v) is 2.14. The van der Waals surface area contributed by atoms with Crippen molar-refractivity contribution in [1.29, 1.82) is 0 Å². The second kappa shape index (κ2) is 5.17. The summed E-state index contributed by atoms with van der Waals surface area (Å²) < 4.78 is 6.19. The van der Waals surface area contributed by atoms with Crippen molar-refractivity contribution in [3.63, 3.8) is 0 Å².